The minimum absolute atomic E-state index is 0.0821. The average Bonchev–Trinajstić information content (AvgIpc) is 1.93. The van der Waals surface area contributed by atoms with E-state index in [1.807, 2.05) is 0 Å². The van der Waals surface area contributed by atoms with Crippen LogP contribution in [0.2, 0.25) is 0 Å². The van der Waals surface area contributed by atoms with Gasteiger partial charge in [-0.3, -0.25) is 0 Å². The molecule has 0 aliphatic carbocycles. The molecule has 0 atom stereocenters. The van der Waals surface area contributed by atoms with Crippen molar-refractivity contribution in [3.8, 4) is 0 Å². The summed E-state index contributed by atoms with van der Waals surface area (Å²) < 4.78 is 0. The van der Waals surface area contributed by atoms with Gasteiger partial charge < -0.3 is 11.1 Å². The maximum atomic E-state index is 6.01. The Labute approximate surface area is 89.6 Å². The Morgan fingerprint density at radius 2 is 1.64 bits per heavy atom. The summed E-state index contributed by atoms with van der Waals surface area (Å²) in [7, 11) is 0. The molecule has 0 saturated heterocycles. The molecule has 0 fully saturated rings. The zero-order chi connectivity index (χ0) is 11.2. The Bertz CT molecular complexity index is 145. The molecule has 3 N–H and O–H groups in total. The highest BCUT2D eigenvalue weighted by molar-refractivity contribution is 4.87. The first kappa shape index (κ1) is 13.9. The van der Waals surface area contributed by atoms with Crippen molar-refractivity contribution in [3.63, 3.8) is 0 Å². The Balaban J connectivity index is 3.72. The molecular formula is C12H28N2. The minimum Gasteiger partial charge on any atom is -0.325 e. The zero-order valence-electron chi connectivity index (χ0n) is 10.6. The van der Waals surface area contributed by atoms with Gasteiger partial charge in [0.25, 0.3) is 0 Å². The quantitative estimate of drug-likeness (QED) is 0.620. The molecule has 0 bridgehead atoms. The molecule has 0 spiro atoms. The summed E-state index contributed by atoms with van der Waals surface area (Å²) in [5.41, 5.74) is 6.09. The van der Waals surface area contributed by atoms with Gasteiger partial charge in [-0.05, 0) is 47.1 Å². The van der Waals surface area contributed by atoms with Gasteiger partial charge in [-0.2, -0.15) is 0 Å². The number of unbranched alkanes of at least 4 members (excludes halogenated alkanes) is 2. The third-order valence-electron chi connectivity index (χ3n) is 2.28. The van der Waals surface area contributed by atoms with E-state index in [4.69, 9.17) is 5.73 Å². The third-order valence-corrected chi connectivity index (χ3v) is 2.28. The molecule has 2 nitrogen and oxygen atoms in total. The minimum atomic E-state index is -0.0821. The highest BCUT2D eigenvalue weighted by Gasteiger charge is 2.24. The van der Waals surface area contributed by atoms with Crippen LogP contribution in [-0.2, 0) is 0 Å². The second-order valence-corrected chi connectivity index (χ2v) is 5.68. The summed E-state index contributed by atoms with van der Waals surface area (Å²) in [6, 6.07) is 0. The molecule has 0 aromatic heterocycles. The first-order valence-electron chi connectivity index (χ1n) is 5.81. The molecule has 0 unspecified atom stereocenters. The van der Waals surface area contributed by atoms with E-state index < -0.39 is 0 Å². The van der Waals surface area contributed by atoms with Crippen LogP contribution >= 0.6 is 0 Å². The Morgan fingerprint density at radius 3 is 2.07 bits per heavy atom. The van der Waals surface area contributed by atoms with Crippen LogP contribution in [0, 0.1) is 0 Å². The molecule has 0 amide bonds. The van der Waals surface area contributed by atoms with Crippen LogP contribution < -0.4 is 11.1 Å². The van der Waals surface area contributed by atoms with Crippen LogP contribution in [0.25, 0.3) is 0 Å². The predicted octanol–water partition coefficient (Wildman–Crippen LogP) is 2.67. The summed E-state index contributed by atoms with van der Waals surface area (Å²) in [4.78, 5) is 0. The fraction of sp³-hybridized carbons (Fsp3) is 1.00. The van der Waals surface area contributed by atoms with E-state index >= 15 is 0 Å². The number of hydrogen-bond donors (Lipinski definition) is 2. The fourth-order valence-electron chi connectivity index (χ4n) is 2.00. The number of rotatable bonds is 7. The summed E-state index contributed by atoms with van der Waals surface area (Å²) in [5.74, 6) is 0. The van der Waals surface area contributed by atoms with E-state index in [0.717, 1.165) is 13.0 Å². The number of hydrogen-bond acceptors (Lipinski definition) is 2. The van der Waals surface area contributed by atoms with Gasteiger partial charge in [0.2, 0.25) is 0 Å². The molecule has 2 heteroatoms. The van der Waals surface area contributed by atoms with E-state index in [1.54, 1.807) is 0 Å². The molecule has 0 aromatic rings. The molecule has 0 saturated carbocycles. The van der Waals surface area contributed by atoms with E-state index in [-0.39, 0.29) is 11.1 Å². The molecule has 0 heterocycles. The first-order chi connectivity index (χ1) is 6.27. The summed E-state index contributed by atoms with van der Waals surface area (Å²) in [5, 5.41) is 3.57. The highest BCUT2D eigenvalue weighted by atomic mass is 15.0. The molecule has 0 aliphatic rings. The van der Waals surface area contributed by atoms with Gasteiger partial charge in [0, 0.05) is 11.1 Å². The van der Waals surface area contributed by atoms with Crippen LogP contribution in [0.5, 0.6) is 0 Å². The zero-order valence-corrected chi connectivity index (χ0v) is 10.6. The van der Waals surface area contributed by atoms with Crippen molar-refractivity contribution in [2.75, 3.05) is 6.54 Å². The molecule has 0 rings (SSSR count). The molecular weight excluding hydrogens is 172 g/mol. The lowest BCUT2D eigenvalue weighted by Gasteiger charge is -2.33. The van der Waals surface area contributed by atoms with Gasteiger partial charge in [0.1, 0.15) is 0 Å². The monoisotopic (exact) mass is 200 g/mol. The molecule has 0 radical (unpaired) electrons. The van der Waals surface area contributed by atoms with E-state index in [0.29, 0.717) is 0 Å². The number of nitrogens with one attached hydrogen (secondary N) is 1. The van der Waals surface area contributed by atoms with E-state index in [9.17, 15) is 0 Å². The van der Waals surface area contributed by atoms with Crippen molar-refractivity contribution < 1.29 is 0 Å². The smallest absolute Gasteiger partial charge is 0.0142 e. The van der Waals surface area contributed by atoms with Gasteiger partial charge in [0.15, 0.2) is 0 Å². The predicted molar refractivity (Wildman–Crippen MR) is 64.5 cm³/mol. The molecule has 14 heavy (non-hydrogen) atoms. The summed E-state index contributed by atoms with van der Waals surface area (Å²) in [6.45, 7) is 12.0. The maximum absolute atomic E-state index is 6.01. The fourth-order valence-corrected chi connectivity index (χ4v) is 2.00. The van der Waals surface area contributed by atoms with Crippen molar-refractivity contribution in [3.05, 3.63) is 0 Å². The van der Waals surface area contributed by atoms with Gasteiger partial charge in [-0.25, -0.2) is 0 Å². The second-order valence-electron chi connectivity index (χ2n) is 5.68. The Kier molecular flexibility index (Phi) is 5.68. The molecule has 86 valence electrons. The van der Waals surface area contributed by atoms with Gasteiger partial charge in [0.05, 0.1) is 0 Å². The van der Waals surface area contributed by atoms with E-state index in [2.05, 4.69) is 39.9 Å². The molecule has 0 aliphatic heterocycles. The van der Waals surface area contributed by atoms with Crippen molar-refractivity contribution in [2.24, 2.45) is 5.73 Å². The lowest BCUT2D eigenvalue weighted by atomic mass is 9.87. The SMILES string of the molecule is CCCCCNC(C)(C)CC(C)(C)N. The second kappa shape index (κ2) is 5.72. The topological polar surface area (TPSA) is 38.0 Å². The van der Waals surface area contributed by atoms with Crippen molar-refractivity contribution in [1.29, 1.82) is 0 Å². The standard InChI is InChI=1S/C12H28N2/c1-6-7-8-9-14-12(4,5)10-11(2,3)13/h14H,6-10,13H2,1-5H3. The molecule has 0 aromatic carbocycles. The van der Waals surface area contributed by atoms with Crippen LogP contribution in [0.1, 0.15) is 60.3 Å². The average molecular weight is 200 g/mol. The van der Waals surface area contributed by atoms with Gasteiger partial charge in [-0.1, -0.05) is 19.8 Å². The largest absolute Gasteiger partial charge is 0.325 e. The van der Waals surface area contributed by atoms with Crippen molar-refractivity contribution in [1.82, 2.24) is 5.32 Å². The van der Waals surface area contributed by atoms with Crippen LogP contribution in [0.4, 0.5) is 0 Å². The summed E-state index contributed by atoms with van der Waals surface area (Å²) >= 11 is 0. The van der Waals surface area contributed by atoms with Crippen LogP contribution in [-0.4, -0.2) is 17.6 Å². The maximum Gasteiger partial charge on any atom is 0.0142 e. The van der Waals surface area contributed by atoms with Crippen molar-refractivity contribution in [2.45, 2.75) is 71.4 Å². The summed E-state index contributed by atoms with van der Waals surface area (Å²) in [6.07, 6.45) is 4.87. The van der Waals surface area contributed by atoms with Gasteiger partial charge >= 0.3 is 0 Å². The highest BCUT2D eigenvalue weighted by Crippen LogP contribution is 2.17. The van der Waals surface area contributed by atoms with Crippen LogP contribution in [0.15, 0.2) is 0 Å². The first-order valence-corrected chi connectivity index (χ1v) is 5.81. The lowest BCUT2D eigenvalue weighted by Crippen LogP contribution is -2.48. The van der Waals surface area contributed by atoms with Gasteiger partial charge in [-0.15, -0.1) is 0 Å². The van der Waals surface area contributed by atoms with Crippen LogP contribution in [0.3, 0.4) is 0 Å². The Hall–Kier alpha value is -0.0800. The third kappa shape index (κ3) is 8.52. The number of nitrogens with two attached hydrogens (primary N) is 1. The normalized spacial score (nSPS) is 13.3. The lowest BCUT2D eigenvalue weighted by molar-refractivity contribution is 0.288. The van der Waals surface area contributed by atoms with E-state index in [1.165, 1.54) is 19.3 Å². The Morgan fingerprint density at radius 1 is 1.07 bits per heavy atom. The van der Waals surface area contributed by atoms with Crippen molar-refractivity contribution >= 4 is 0 Å².